The molecule has 160 valence electrons. The van der Waals surface area contributed by atoms with Crippen LogP contribution in [0.1, 0.15) is 17.0 Å². The Bertz CT molecular complexity index is 1290. The second kappa shape index (κ2) is 9.13. The molecule has 0 aliphatic carbocycles. The van der Waals surface area contributed by atoms with E-state index in [0.717, 1.165) is 16.2 Å². The molecule has 0 saturated heterocycles. The van der Waals surface area contributed by atoms with Crippen LogP contribution in [0.2, 0.25) is 0 Å². The van der Waals surface area contributed by atoms with Gasteiger partial charge in [0.25, 0.3) is 0 Å². The van der Waals surface area contributed by atoms with Gasteiger partial charge in [-0.2, -0.15) is 9.61 Å². The number of hydrogen-bond acceptors (Lipinski definition) is 6. The highest BCUT2D eigenvalue weighted by Gasteiger charge is 2.14. The summed E-state index contributed by atoms with van der Waals surface area (Å²) in [6.07, 6.45) is 0.339. The Morgan fingerprint density at radius 1 is 1.00 bits per heavy atom. The molecule has 0 spiro atoms. The van der Waals surface area contributed by atoms with Crippen molar-refractivity contribution in [2.45, 2.75) is 29.0 Å². The summed E-state index contributed by atoms with van der Waals surface area (Å²) in [6.45, 7) is 2.07. The van der Waals surface area contributed by atoms with Crippen molar-refractivity contribution >= 4 is 27.4 Å². The molecule has 4 rings (SSSR count). The van der Waals surface area contributed by atoms with Crippen molar-refractivity contribution in [3.63, 3.8) is 0 Å². The molecule has 0 saturated carbocycles. The third-order valence-corrected chi connectivity index (χ3v) is 7.04. The standard InChI is InChI=1S/C21H20FN5O2S2/c1-15-2-8-18(9-3-15)31(28,29)23-13-12-20-25-24-19-10-11-21(26-27(19)20)30-14-16-4-6-17(22)7-5-16/h2-11,23H,12-14H2,1H3. The highest BCUT2D eigenvalue weighted by molar-refractivity contribution is 7.98. The van der Waals surface area contributed by atoms with Crippen molar-refractivity contribution in [3.8, 4) is 0 Å². The van der Waals surface area contributed by atoms with E-state index in [0.29, 0.717) is 23.6 Å². The number of benzene rings is 2. The van der Waals surface area contributed by atoms with Gasteiger partial charge in [-0.25, -0.2) is 17.5 Å². The number of thioether (sulfide) groups is 1. The molecule has 4 aromatic rings. The van der Waals surface area contributed by atoms with Gasteiger partial charge < -0.3 is 0 Å². The van der Waals surface area contributed by atoms with E-state index in [9.17, 15) is 12.8 Å². The molecule has 0 bridgehead atoms. The summed E-state index contributed by atoms with van der Waals surface area (Å²) in [5, 5.41) is 13.5. The molecule has 0 aliphatic heterocycles. The fourth-order valence-corrected chi connectivity index (χ4v) is 4.73. The highest BCUT2D eigenvalue weighted by Crippen LogP contribution is 2.21. The highest BCUT2D eigenvalue weighted by atomic mass is 32.2. The number of aromatic nitrogens is 4. The van der Waals surface area contributed by atoms with Crippen LogP contribution in [0.15, 0.2) is 70.6 Å². The van der Waals surface area contributed by atoms with Crippen molar-refractivity contribution in [3.05, 3.63) is 83.4 Å². The second-order valence-electron chi connectivity index (χ2n) is 6.93. The lowest BCUT2D eigenvalue weighted by atomic mass is 10.2. The largest absolute Gasteiger partial charge is 0.240 e. The Morgan fingerprint density at radius 3 is 2.48 bits per heavy atom. The van der Waals surface area contributed by atoms with E-state index in [2.05, 4.69) is 20.0 Å². The zero-order chi connectivity index (χ0) is 21.8. The SMILES string of the molecule is Cc1ccc(S(=O)(=O)NCCc2nnc3ccc(SCc4ccc(F)cc4)nn23)cc1. The van der Waals surface area contributed by atoms with Crippen LogP contribution < -0.4 is 4.72 Å². The summed E-state index contributed by atoms with van der Waals surface area (Å²) in [7, 11) is -3.59. The molecule has 0 aliphatic rings. The molecule has 2 aromatic heterocycles. The minimum Gasteiger partial charge on any atom is -0.211 e. The Hall–Kier alpha value is -2.82. The van der Waals surface area contributed by atoms with Gasteiger partial charge in [0, 0.05) is 18.7 Å². The molecule has 10 heteroatoms. The van der Waals surface area contributed by atoms with Crippen molar-refractivity contribution < 1.29 is 12.8 Å². The maximum absolute atomic E-state index is 13.0. The van der Waals surface area contributed by atoms with Crippen molar-refractivity contribution in [1.29, 1.82) is 0 Å². The van der Waals surface area contributed by atoms with Gasteiger partial charge in [-0.1, -0.05) is 41.6 Å². The molecule has 2 aromatic carbocycles. The third kappa shape index (κ3) is 5.27. The van der Waals surface area contributed by atoms with Gasteiger partial charge in [0.05, 0.1) is 4.90 Å². The zero-order valence-electron chi connectivity index (χ0n) is 16.7. The van der Waals surface area contributed by atoms with Crippen LogP contribution in [0.3, 0.4) is 0 Å². The number of sulfonamides is 1. The summed E-state index contributed by atoms with van der Waals surface area (Å²) in [6, 6.07) is 16.7. The van der Waals surface area contributed by atoms with Gasteiger partial charge in [-0.3, -0.25) is 0 Å². The van der Waals surface area contributed by atoms with Crippen LogP contribution in [0.5, 0.6) is 0 Å². The maximum Gasteiger partial charge on any atom is 0.240 e. The minimum absolute atomic E-state index is 0.172. The minimum atomic E-state index is -3.59. The molecular weight excluding hydrogens is 437 g/mol. The third-order valence-electron chi connectivity index (χ3n) is 4.57. The van der Waals surface area contributed by atoms with E-state index in [4.69, 9.17) is 0 Å². The fraction of sp³-hybridized carbons (Fsp3) is 0.190. The van der Waals surface area contributed by atoms with E-state index in [1.54, 1.807) is 40.9 Å². The van der Waals surface area contributed by atoms with E-state index in [-0.39, 0.29) is 17.3 Å². The molecule has 31 heavy (non-hydrogen) atoms. The fourth-order valence-electron chi connectivity index (χ4n) is 2.89. The van der Waals surface area contributed by atoms with Gasteiger partial charge in [-0.05, 0) is 48.9 Å². The zero-order valence-corrected chi connectivity index (χ0v) is 18.3. The first-order valence-electron chi connectivity index (χ1n) is 9.56. The average molecular weight is 458 g/mol. The predicted octanol–water partition coefficient (Wildman–Crippen LogP) is 3.39. The predicted molar refractivity (Wildman–Crippen MR) is 117 cm³/mol. The Kier molecular flexibility index (Phi) is 6.30. The molecule has 2 heterocycles. The Balaban J connectivity index is 1.41. The second-order valence-corrected chi connectivity index (χ2v) is 9.70. The van der Waals surface area contributed by atoms with Crippen LogP contribution in [0, 0.1) is 12.7 Å². The van der Waals surface area contributed by atoms with Gasteiger partial charge in [0.1, 0.15) is 10.8 Å². The normalized spacial score (nSPS) is 11.8. The number of aryl methyl sites for hydroxylation is 1. The molecule has 1 N–H and O–H groups in total. The van der Waals surface area contributed by atoms with E-state index < -0.39 is 10.0 Å². The van der Waals surface area contributed by atoms with Crippen LogP contribution in [0.25, 0.3) is 5.65 Å². The number of hydrogen-bond donors (Lipinski definition) is 1. The summed E-state index contributed by atoms with van der Waals surface area (Å²) in [4.78, 5) is 0.224. The number of nitrogens with one attached hydrogen (secondary N) is 1. The Morgan fingerprint density at radius 2 is 1.74 bits per heavy atom. The lowest BCUT2D eigenvalue weighted by Gasteiger charge is -2.07. The molecule has 0 atom stereocenters. The summed E-state index contributed by atoms with van der Waals surface area (Å²) < 4.78 is 42.1. The maximum atomic E-state index is 13.0. The van der Waals surface area contributed by atoms with Gasteiger partial charge >= 0.3 is 0 Å². The summed E-state index contributed by atoms with van der Waals surface area (Å²) in [5.74, 6) is 0.943. The molecule has 0 amide bonds. The average Bonchev–Trinajstić information content (AvgIpc) is 3.16. The number of nitrogens with zero attached hydrogens (tertiary/aromatic N) is 4. The molecule has 0 unspecified atom stereocenters. The lowest BCUT2D eigenvalue weighted by Crippen LogP contribution is -2.26. The van der Waals surface area contributed by atoms with E-state index in [1.165, 1.54) is 23.9 Å². The van der Waals surface area contributed by atoms with Crippen molar-refractivity contribution in [2.75, 3.05) is 6.54 Å². The first kappa shape index (κ1) is 21.4. The Labute approximate surface area is 183 Å². The summed E-state index contributed by atoms with van der Waals surface area (Å²) >= 11 is 1.51. The van der Waals surface area contributed by atoms with Crippen LogP contribution in [-0.2, 0) is 22.2 Å². The van der Waals surface area contributed by atoms with Crippen LogP contribution in [0.4, 0.5) is 4.39 Å². The summed E-state index contributed by atoms with van der Waals surface area (Å²) in [5.41, 5.74) is 2.57. The topological polar surface area (TPSA) is 89.2 Å². The van der Waals surface area contributed by atoms with Gasteiger partial charge in [0.15, 0.2) is 11.5 Å². The monoisotopic (exact) mass is 457 g/mol. The van der Waals surface area contributed by atoms with Gasteiger partial charge in [-0.15, -0.1) is 10.2 Å². The first-order chi connectivity index (χ1) is 14.9. The van der Waals surface area contributed by atoms with Crippen molar-refractivity contribution in [2.24, 2.45) is 0 Å². The molecular formula is C21H20FN5O2S2. The smallest absolute Gasteiger partial charge is 0.211 e. The molecule has 7 nitrogen and oxygen atoms in total. The van der Waals surface area contributed by atoms with Crippen molar-refractivity contribution in [1.82, 2.24) is 24.5 Å². The van der Waals surface area contributed by atoms with Crippen LogP contribution >= 0.6 is 11.8 Å². The van der Waals surface area contributed by atoms with E-state index in [1.807, 2.05) is 19.1 Å². The van der Waals surface area contributed by atoms with E-state index >= 15 is 0 Å². The number of rotatable bonds is 8. The number of halogens is 1. The lowest BCUT2D eigenvalue weighted by molar-refractivity contribution is 0.580. The molecule has 0 radical (unpaired) electrons. The van der Waals surface area contributed by atoms with Crippen LogP contribution in [-0.4, -0.2) is 34.8 Å². The first-order valence-corrected chi connectivity index (χ1v) is 12.0. The quantitative estimate of drug-likeness (QED) is 0.408. The molecule has 0 fully saturated rings. The van der Waals surface area contributed by atoms with Gasteiger partial charge in [0.2, 0.25) is 10.0 Å². The number of fused-ring (bicyclic) bond motifs is 1.